The van der Waals surface area contributed by atoms with Gasteiger partial charge >= 0.3 is 11.9 Å². The molecule has 0 aromatic carbocycles. The van der Waals surface area contributed by atoms with Gasteiger partial charge in [0.15, 0.2) is 0 Å². The van der Waals surface area contributed by atoms with Crippen LogP contribution in [0.2, 0.25) is 0 Å². The third-order valence-corrected chi connectivity index (χ3v) is 10.9. The van der Waals surface area contributed by atoms with E-state index in [0.29, 0.717) is 57.8 Å². The Morgan fingerprint density at radius 3 is 0.987 bits per heavy atom. The molecule has 8 atom stereocenters. The second kappa shape index (κ2) is 43.7. The van der Waals surface area contributed by atoms with E-state index >= 15 is 0 Å². The van der Waals surface area contributed by atoms with Crippen molar-refractivity contribution in [2.24, 2.45) is 70.2 Å². The van der Waals surface area contributed by atoms with Gasteiger partial charge in [-0.15, -0.1) is 0 Å². The van der Waals surface area contributed by atoms with Gasteiger partial charge in [0.2, 0.25) is 59.1 Å². The van der Waals surface area contributed by atoms with E-state index in [-0.39, 0.29) is 69.7 Å². The Morgan fingerprint density at radius 1 is 0.416 bits per heavy atom. The smallest absolute Gasteiger partial charge is 0.311 e. The highest BCUT2D eigenvalue weighted by Crippen LogP contribution is 2.25. The van der Waals surface area contributed by atoms with Crippen LogP contribution in [0.15, 0.2) is 0 Å². The van der Waals surface area contributed by atoms with Gasteiger partial charge in [0.1, 0.15) is 17.8 Å². The summed E-state index contributed by atoms with van der Waals surface area (Å²) >= 11 is 0. The number of rotatable bonds is 34. The van der Waals surface area contributed by atoms with Crippen molar-refractivity contribution in [2.75, 3.05) is 6.54 Å². The maximum absolute atomic E-state index is 13.4. The number of unbranched alkanes of at least 4 members (excludes halogenated alkanes) is 4. The molecular weight excluding hydrogens is 1030 g/mol. The Bertz CT molecular complexity index is 1910. The van der Waals surface area contributed by atoms with E-state index < -0.39 is 113 Å². The minimum atomic E-state index is -1.55. The van der Waals surface area contributed by atoms with Gasteiger partial charge in [-0.2, -0.15) is 0 Å². The second-order valence-corrected chi connectivity index (χ2v) is 17.2. The van der Waals surface area contributed by atoms with Gasteiger partial charge < -0.3 is 32.2 Å². The van der Waals surface area contributed by atoms with E-state index in [4.69, 9.17) is 50.8 Å². The third-order valence-electron chi connectivity index (χ3n) is 10.9. The summed E-state index contributed by atoms with van der Waals surface area (Å²) in [7, 11) is 0. The van der Waals surface area contributed by atoms with Crippen molar-refractivity contribution in [3.63, 3.8) is 0 Å². The molecule has 8 unspecified atom stereocenters. The number of carboxylic acids is 2. The van der Waals surface area contributed by atoms with Crippen LogP contribution in [-0.2, 0) is 71.9 Å². The highest BCUT2D eigenvalue weighted by molar-refractivity contribution is 5.94. The summed E-state index contributed by atoms with van der Waals surface area (Å²) in [5.41, 5.74) is 37.7. The van der Waals surface area contributed by atoms with Crippen LogP contribution in [0.3, 0.4) is 0 Å². The number of aliphatic carboxylic acids is 2. The Hall–Kier alpha value is -7.50. The number of nitrogens with two attached hydrogens (primary N) is 7. The molecule has 440 valence electrons. The molecule has 0 aliphatic heterocycles. The Labute approximate surface area is 444 Å². The van der Waals surface area contributed by atoms with Crippen molar-refractivity contribution in [3.8, 4) is 0 Å². The first-order valence-electron chi connectivity index (χ1n) is 24.2. The first-order chi connectivity index (χ1) is 36.2. The van der Waals surface area contributed by atoms with Crippen molar-refractivity contribution in [2.45, 2.75) is 149 Å². The molecule has 0 aromatic heterocycles. The number of carbonyl (C=O) groups is 14. The van der Waals surface area contributed by atoms with E-state index in [1.54, 1.807) is 0 Å². The van der Waals surface area contributed by atoms with E-state index in [2.05, 4.69) is 37.3 Å². The number of nitrogens with one attached hydrogen (secondary N) is 10. The van der Waals surface area contributed by atoms with Crippen LogP contribution < -0.4 is 94.8 Å². The molecule has 34 heteroatoms. The fraction of sp³-hybridized carbons (Fsp3) is 0.674. The van der Waals surface area contributed by atoms with Crippen molar-refractivity contribution in [1.82, 2.24) is 54.3 Å². The first-order valence-corrected chi connectivity index (χ1v) is 24.2. The summed E-state index contributed by atoms with van der Waals surface area (Å²) in [4.78, 5) is 163. The predicted molar refractivity (Wildman–Crippen MR) is 268 cm³/mol. The molecular formula is C43H81N17O17. The molecule has 0 aliphatic carbocycles. The Kier molecular flexibility index (Phi) is 41.9. The molecule has 0 spiro atoms. The quantitative estimate of drug-likeness (QED) is 0.00937. The highest BCUT2D eigenvalue weighted by Gasteiger charge is 2.43. The molecule has 0 saturated carbocycles. The van der Waals surface area contributed by atoms with E-state index in [0.717, 1.165) is 0 Å². The van der Waals surface area contributed by atoms with E-state index in [1.807, 2.05) is 21.7 Å². The first kappa shape index (κ1) is 73.7. The zero-order valence-corrected chi connectivity index (χ0v) is 43.8. The maximum atomic E-state index is 13.4. The number of amides is 10. The van der Waals surface area contributed by atoms with Crippen molar-refractivity contribution in [3.05, 3.63) is 0 Å². The summed E-state index contributed by atoms with van der Waals surface area (Å²) in [6.45, 7) is 5.47. The predicted octanol–water partition coefficient (Wildman–Crippen LogP) is -6.34. The van der Waals surface area contributed by atoms with Crippen LogP contribution in [0, 0.1) is 29.6 Å². The molecule has 0 rings (SSSR count). The second-order valence-electron chi connectivity index (χ2n) is 17.2. The van der Waals surface area contributed by atoms with Crippen molar-refractivity contribution in [1.29, 1.82) is 0 Å². The van der Waals surface area contributed by atoms with E-state index in [1.165, 1.54) is 27.7 Å². The largest absolute Gasteiger partial charge is 0.481 e. The number of ketones is 1. The van der Waals surface area contributed by atoms with E-state index in [9.17, 15) is 67.1 Å². The summed E-state index contributed by atoms with van der Waals surface area (Å²) in [5.74, 6) is 4.57. The average molecular weight is 1110 g/mol. The molecule has 34 nitrogen and oxygen atoms in total. The molecule has 0 aromatic rings. The normalized spacial score (nSPS) is 13.4. The zero-order chi connectivity index (χ0) is 59.6. The van der Waals surface area contributed by atoms with Crippen LogP contribution in [0.25, 0.3) is 0 Å². The van der Waals surface area contributed by atoms with Gasteiger partial charge in [0, 0.05) is 69.4 Å². The lowest BCUT2D eigenvalue weighted by molar-refractivity contribution is -0.161. The molecule has 0 aliphatic rings. The number of hydrogen-bond donors (Lipinski definition) is 19. The average Bonchev–Trinajstić information content (AvgIpc) is 3.39. The number of Topliss-reactive ketones (excluding diaryl/α,β-unsaturated/α-hetero) is 1. The highest BCUT2D eigenvalue weighted by atomic mass is 16.5. The summed E-state index contributed by atoms with van der Waals surface area (Å²) in [6, 6.07) is -1.91. The molecule has 0 bridgehead atoms. The Morgan fingerprint density at radius 2 is 0.714 bits per heavy atom. The summed E-state index contributed by atoms with van der Waals surface area (Å²) < 4.78 is 4.53. The number of hydrazine groups is 7. The van der Waals surface area contributed by atoms with Gasteiger partial charge in [-0.3, -0.25) is 121 Å². The zero-order valence-electron chi connectivity index (χ0n) is 43.8. The van der Waals surface area contributed by atoms with Crippen LogP contribution in [-0.4, -0.2) is 118 Å². The van der Waals surface area contributed by atoms with Crippen LogP contribution in [0.4, 0.5) is 0 Å². The monoisotopic (exact) mass is 1110 g/mol. The fourth-order valence-electron chi connectivity index (χ4n) is 6.55. The minimum absolute atomic E-state index is 0.0302. The maximum Gasteiger partial charge on any atom is 0.311 e. The molecule has 10 amide bonds. The standard InChI is InChI=1S/C27H51N13O9.C9H15NO6.C7H15N3O2/c1-15(25(47)38-35-20(44)12-6-3-9-17(41)32-29)23(26(48)39-36-21(45)13-7-4-10-18(42)33-30)24(16(2)28)27(49)40-37-22(46)14-8-5-11-19(43)34-31;1-4(8(12)13)7(16-3-11)6(5(2)10)9(14)15;8-5-6(11)3-1-2-4-7(12)10-9/h15-16,23-24H,3-14,28-31H2,1-2H3,(H,32,41)(H,33,42)(H,34,43)(H,35,44)(H,36,45)(H,37,46)(H,38,47)(H,39,48)(H,40,49);3-7H,10H2,1-2H3,(H,12,13)(H,14,15);1-5,8-9H2,(H,10,12). The van der Waals surface area contributed by atoms with Crippen LogP contribution in [0.5, 0.6) is 0 Å². The van der Waals surface area contributed by atoms with Crippen molar-refractivity contribution < 1.29 is 82.1 Å². The van der Waals surface area contributed by atoms with Gasteiger partial charge in [-0.05, 0) is 72.1 Å². The molecule has 0 radical (unpaired) electrons. The molecule has 0 heterocycles. The number of carboxylic acid groups (broad SMARTS) is 2. The lowest BCUT2D eigenvalue weighted by Crippen LogP contribution is -2.58. The van der Waals surface area contributed by atoms with Gasteiger partial charge in [-0.25, -0.2) is 23.4 Å². The number of carbonyl (C=O) groups excluding carboxylic acids is 12. The molecule has 77 heavy (non-hydrogen) atoms. The molecule has 0 fully saturated rings. The van der Waals surface area contributed by atoms with Crippen molar-refractivity contribution >= 4 is 83.3 Å². The fourth-order valence-corrected chi connectivity index (χ4v) is 6.55. The van der Waals surface area contributed by atoms with Gasteiger partial charge in [0.25, 0.3) is 6.47 Å². The molecule has 26 N–H and O–H groups in total. The molecule has 0 saturated heterocycles. The van der Waals surface area contributed by atoms with Crippen LogP contribution in [0.1, 0.15) is 130 Å². The topological polar surface area (TPSA) is 591 Å². The lowest BCUT2D eigenvalue weighted by atomic mass is 9.77. The van der Waals surface area contributed by atoms with Gasteiger partial charge in [-0.1, -0.05) is 6.92 Å². The number of ether oxygens (including phenoxy) is 1. The number of hydrogen-bond acceptors (Lipinski definition) is 22. The summed E-state index contributed by atoms with van der Waals surface area (Å²) in [6.07, 6.45) is 2.90. The Balaban J connectivity index is -0.00000158. The lowest BCUT2D eigenvalue weighted by Gasteiger charge is -2.31. The van der Waals surface area contributed by atoms with Crippen LogP contribution >= 0.6 is 0 Å². The SMILES string of the molecule is CC(N)C(C(=O)NNC(=O)CCCCC(=O)NN)C(C(=O)NNC(=O)CCCCC(=O)NN)C(C)C(=O)NNC(=O)CCCCC(=O)NN.CC(N)C(C(=O)O)C(OC=O)C(C)C(=O)O.NCC(=O)CCCCC(=O)NN. The van der Waals surface area contributed by atoms with Gasteiger partial charge in [0.05, 0.1) is 24.3 Å². The summed E-state index contributed by atoms with van der Waals surface area (Å²) in [5, 5.41) is 17.7. The third kappa shape index (κ3) is 35.4. The minimum Gasteiger partial charge on any atom is -0.481 e.